The van der Waals surface area contributed by atoms with Gasteiger partial charge in [0, 0.05) is 5.69 Å². The lowest BCUT2D eigenvalue weighted by Crippen LogP contribution is -2.41. The van der Waals surface area contributed by atoms with Crippen molar-refractivity contribution in [2.24, 2.45) is 0 Å². The van der Waals surface area contributed by atoms with Gasteiger partial charge in [0.05, 0.1) is 5.02 Å². The zero-order valence-corrected chi connectivity index (χ0v) is 10.7. The van der Waals surface area contributed by atoms with Crippen LogP contribution in [-0.2, 0) is 9.59 Å². The number of urea groups is 1. The number of amides is 2. The van der Waals surface area contributed by atoms with Gasteiger partial charge in [0.2, 0.25) is 0 Å². The van der Waals surface area contributed by atoms with Crippen molar-refractivity contribution >= 4 is 35.3 Å². The molecule has 0 saturated heterocycles. The van der Waals surface area contributed by atoms with Crippen LogP contribution in [-0.4, -0.2) is 46.2 Å². The van der Waals surface area contributed by atoms with E-state index >= 15 is 0 Å². The van der Waals surface area contributed by atoms with Crippen molar-refractivity contribution in [3.63, 3.8) is 0 Å². The van der Waals surface area contributed by atoms with Gasteiger partial charge in [-0.3, -0.25) is 9.59 Å². The Morgan fingerprint density at radius 1 is 1.20 bits per heavy atom. The fourth-order valence-corrected chi connectivity index (χ4v) is 1.42. The Balaban J connectivity index is 2.81. The van der Waals surface area contributed by atoms with E-state index in [-0.39, 0.29) is 10.7 Å². The normalized spacial score (nSPS) is 9.90. The summed E-state index contributed by atoms with van der Waals surface area (Å²) in [6.45, 7) is -1.59. The van der Waals surface area contributed by atoms with E-state index in [0.717, 1.165) is 6.07 Å². The Hall–Kier alpha value is -2.35. The van der Waals surface area contributed by atoms with Crippen molar-refractivity contribution in [2.45, 2.75) is 0 Å². The van der Waals surface area contributed by atoms with Crippen LogP contribution in [0.1, 0.15) is 0 Å². The summed E-state index contributed by atoms with van der Waals surface area (Å²) in [6, 6.07) is 2.45. The molecule has 3 N–H and O–H groups in total. The molecule has 0 bridgehead atoms. The second-order valence-corrected chi connectivity index (χ2v) is 4.11. The quantitative estimate of drug-likeness (QED) is 0.764. The molecule has 0 radical (unpaired) electrons. The average Bonchev–Trinajstić information content (AvgIpc) is 2.32. The molecule has 0 saturated carbocycles. The molecule has 0 unspecified atom stereocenters. The van der Waals surface area contributed by atoms with Gasteiger partial charge in [0.15, 0.2) is 0 Å². The first-order chi connectivity index (χ1) is 9.29. The van der Waals surface area contributed by atoms with E-state index in [0.29, 0.717) is 4.90 Å². The van der Waals surface area contributed by atoms with Gasteiger partial charge in [-0.1, -0.05) is 11.6 Å². The highest BCUT2D eigenvalue weighted by Gasteiger charge is 2.19. The van der Waals surface area contributed by atoms with Crippen molar-refractivity contribution in [1.29, 1.82) is 0 Å². The number of halogens is 2. The van der Waals surface area contributed by atoms with E-state index < -0.39 is 36.9 Å². The average molecular weight is 305 g/mol. The first kappa shape index (κ1) is 15.7. The predicted molar refractivity (Wildman–Crippen MR) is 67.3 cm³/mol. The van der Waals surface area contributed by atoms with Crippen LogP contribution in [0.4, 0.5) is 14.9 Å². The third-order valence-corrected chi connectivity index (χ3v) is 2.42. The number of carbonyl (C=O) groups is 3. The molecule has 2 amide bonds. The fourth-order valence-electron chi connectivity index (χ4n) is 1.30. The van der Waals surface area contributed by atoms with Gasteiger partial charge < -0.3 is 20.4 Å². The summed E-state index contributed by atoms with van der Waals surface area (Å²) in [5, 5.41) is 19.2. The topological polar surface area (TPSA) is 107 Å². The van der Waals surface area contributed by atoms with Crippen molar-refractivity contribution in [3.05, 3.63) is 29.0 Å². The molecule has 0 aromatic heterocycles. The number of carboxylic acid groups (broad SMARTS) is 2. The fraction of sp³-hybridized carbons (Fsp3) is 0.182. The van der Waals surface area contributed by atoms with Gasteiger partial charge in [-0.2, -0.15) is 0 Å². The van der Waals surface area contributed by atoms with Gasteiger partial charge in [0.1, 0.15) is 18.9 Å². The standard InChI is InChI=1S/C11H10ClFN2O5/c12-7-2-1-6(3-8(7)13)14-11(20)15(4-9(16)17)5-10(18)19/h1-3H,4-5H2,(H,14,20)(H,16,17)(H,18,19). The number of rotatable bonds is 5. The summed E-state index contributed by atoms with van der Waals surface area (Å²) < 4.78 is 13.2. The molecule has 0 fully saturated rings. The highest BCUT2D eigenvalue weighted by Crippen LogP contribution is 2.18. The lowest BCUT2D eigenvalue weighted by Gasteiger charge is -2.19. The molecule has 20 heavy (non-hydrogen) atoms. The maximum Gasteiger partial charge on any atom is 0.323 e. The second-order valence-electron chi connectivity index (χ2n) is 3.70. The molecule has 0 spiro atoms. The lowest BCUT2D eigenvalue weighted by atomic mass is 10.3. The maximum atomic E-state index is 13.2. The summed E-state index contributed by atoms with van der Waals surface area (Å²) in [4.78, 5) is 33.4. The van der Waals surface area contributed by atoms with Gasteiger partial charge >= 0.3 is 18.0 Å². The summed E-state index contributed by atoms with van der Waals surface area (Å²) in [5.41, 5.74) is 0.0256. The Morgan fingerprint density at radius 3 is 2.20 bits per heavy atom. The number of nitrogens with one attached hydrogen (secondary N) is 1. The number of hydrogen-bond donors (Lipinski definition) is 3. The maximum absolute atomic E-state index is 13.2. The van der Waals surface area contributed by atoms with E-state index in [1.54, 1.807) is 0 Å². The van der Waals surface area contributed by atoms with E-state index in [1.165, 1.54) is 12.1 Å². The number of nitrogens with zero attached hydrogens (tertiary/aromatic N) is 1. The molecule has 1 aromatic rings. The van der Waals surface area contributed by atoms with E-state index in [9.17, 15) is 18.8 Å². The Morgan fingerprint density at radius 2 is 1.75 bits per heavy atom. The molecule has 0 atom stereocenters. The number of anilines is 1. The molecular weight excluding hydrogens is 295 g/mol. The Labute approximate surface area is 117 Å². The van der Waals surface area contributed by atoms with Crippen LogP contribution >= 0.6 is 11.6 Å². The molecule has 0 aliphatic heterocycles. The monoisotopic (exact) mass is 304 g/mol. The van der Waals surface area contributed by atoms with Gasteiger partial charge in [-0.15, -0.1) is 0 Å². The third-order valence-electron chi connectivity index (χ3n) is 2.11. The molecule has 0 heterocycles. The van der Waals surface area contributed by atoms with Crippen molar-refractivity contribution in [2.75, 3.05) is 18.4 Å². The van der Waals surface area contributed by atoms with Crippen LogP contribution in [0.2, 0.25) is 5.02 Å². The Kier molecular flexibility index (Phi) is 5.27. The minimum atomic E-state index is -1.37. The molecule has 7 nitrogen and oxygen atoms in total. The lowest BCUT2D eigenvalue weighted by molar-refractivity contribution is -0.140. The third kappa shape index (κ3) is 4.73. The molecule has 1 rings (SSSR count). The Bertz CT molecular complexity index is 536. The minimum Gasteiger partial charge on any atom is -0.480 e. The molecule has 0 aliphatic carbocycles. The van der Waals surface area contributed by atoms with E-state index in [1.807, 2.05) is 0 Å². The zero-order chi connectivity index (χ0) is 15.3. The molecule has 0 aliphatic rings. The first-order valence-corrected chi connectivity index (χ1v) is 5.62. The number of carbonyl (C=O) groups excluding carboxylic acids is 1. The van der Waals surface area contributed by atoms with Crippen LogP contribution in [0.15, 0.2) is 18.2 Å². The smallest absolute Gasteiger partial charge is 0.323 e. The van der Waals surface area contributed by atoms with Gasteiger partial charge in [-0.25, -0.2) is 9.18 Å². The van der Waals surface area contributed by atoms with Crippen molar-refractivity contribution in [3.8, 4) is 0 Å². The van der Waals surface area contributed by atoms with Crippen molar-refractivity contribution < 1.29 is 29.0 Å². The van der Waals surface area contributed by atoms with Crippen LogP contribution < -0.4 is 5.32 Å². The predicted octanol–water partition coefficient (Wildman–Crippen LogP) is 1.48. The summed E-state index contributed by atoms with van der Waals surface area (Å²) in [5.74, 6) is -3.51. The number of carboxylic acids is 2. The van der Waals surface area contributed by atoms with Gasteiger partial charge in [0.25, 0.3) is 0 Å². The number of hydrogen-bond acceptors (Lipinski definition) is 3. The zero-order valence-electron chi connectivity index (χ0n) is 9.97. The molecule has 1 aromatic carbocycles. The highest BCUT2D eigenvalue weighted by molar-refractivity contribution is 6.30. The summed E-state index contributed by atoms with van der Waals surface area (Å²) in [7, 11) is 0. The molecular formula is C11H10ClFN2O5. The van der Waals surface area contributed by atoms with Crippen LogP contribution in [0.3, 0.4) is 0 Å². The summed E-state index contributed by atoms with van der Waals surface area (Å²) in [6.07, 6.45) is 0. The van der Waals surface area contributed by atoms with Crippen molar-refractivity contribution in [1.82, 2.24) is 4.90 Å². The van der Waals surface area contributed by atoms with E-state index in [4.69, 9.17) is 21.8 Å². The minimum absolute atomic E-state index is 0.0256. The first-order valence-electron chi connectivity index (χ1n) is 5.24. The number of benzene rings is 1. The van der Waals surface area contributed by atoms with Crippen LogP contribution in [0.25, 0.3) is 0 Å². The SMILES string of the molecule is O=C(O)CN(CC(=O)O)C(=O)Nc1ccc(Cl)c(F)c1. The largest absolute Gasteiger partial charge is 0.480 e. The summed E-state index contributed by atoms with van der Waals surface area (Å²) >= 11 is 5.46. The molecule has 108 valence electrons. The number of aliphatic carboxylic acids is 2. The van der Waals surface area contributed by atoms with Gasteiger partial charge in [-0.05, 0) is 18.2 Å². The second kappa shape index (κ2) is 6.71. The van der Waals surface area contributed by atoms with Crippen LogP contribution in [0, 0.1) is 5.82 Å². The van der Waals surface area contributed by atoms with Crippen LogP contribution in [0.5, 0.6) is 0 Å². The highest BCUT2D eigenvalue weighted by atomic mass is 35.5. The molecule has 9 heteroatoms. The van der Waals surface area contributed by atoms with E-state index in [2.05, 4.69) is 5.32 Å².